The average molecular weight is 362 g/mol. The monoisotopic (exact) mass is 362 g/mol. The highest BCUT2D eigenvalue weighted by Gasteiger charge is 2.29. The number of imidazole rings is 1. The molecule has 0 unspecified atom stereocenters. The summed E-state index contributed by atoms with van der Waals surface area (Å²) < 4.78 is 43.4. The van der Waals surface area contributed by atoms with Gasteiger partial charge in [-0.2, -0.15) is 13.2 Å². The third kappa shape index (κ3) is 4.38. The van der Waals surface area contributed by atoms with Crippen LogP contribution in [0.5, 0.6) is 5.88 Å². The molecule has 6 nitrogen and oxygen atoms in total. The highest BCUT2D eigenvalue weighted by molar-refractivity contribution is 6.05. The lowest BCUT2D eigenvalue weighted by molar-refractivity contribution is -0.154. The van der Waals surface area contributed by atoms with Gasteiger partial charge in [0.2, 0.25) is 5.88 Å². The molecule has 2 heterocycles. The number of ether oxygens (including phenoxy) is 1. The number of amides is 1. The van der Waals surface area contributed by atoms with E-state index < -0.39 is 18.7 Å². The number of carbonyl (C=O) groups excluding carboxylic acids is 1. The van der Waals surface area contributed by atoms with Crippen LogP contribution in [0.15, 0.2) is 61.3 Å². The molecule has 0 saturated carbocycles. The second-order valence-corrected chi connectivity index (χ2v) is 5.23. The van der Waals surface area contributed by atoms with Crippen LogP contribution < -0.4 is 10.1 Å². The van der Waals surface area contributed by atoms with Crippen LogP contribution >= 0.6 is 0 Å². The van der Waals surface area contributed by atoms with E-state index in [1.807, 2.05) is 0 Å². The Hall–Kier alpha value is -3.36. The molecule has 0 spiro atoms. The molecule has 0 saturated heterocycles. The van der Waals surface area contributed by atoms with Gasteiger partial charge >= 0.3 is 6.18 Å². The number of pyridine rings is 1. The highest BCUT2D eigenvalue weighted by Crippen LogP contribution is 2.21. The zero-order valence-corrected chi connectivity index (χ0v) is 13.3. The standard InChI is InChI=1S/C17H13F3N4O2/c18-17(19,20)10-26-16-14(2-1-7-22-16)15(25)23-12-3-5-13(6-4-12)24-9-8-21-11-24/h1-9,11H,10H2,(H,23,25). The quantitative estimate of drug-likeness (QED) is 0.755. The minimum absolute atomic E-state index is 0.0876. The predicted molar refractivity (Wildman–Crippen MR) is 87.3 cm³/mol. The van der Waals surface area contributed by atoms with Gasteiger partial charge in [0.05, 0.1) is 6.33 Å². The first kappa shape index (κ1) is 17.5. The topological polar surface area (TPSA) is 69.0 Å². The van der Waals surface area contributed by atoms with E-state index in [1.54, 1.807) is 47.6 Å². The number of anilines is 1. The Balaban J connectivity index is 1.72. The third-order valence-electron chi connectivity index (χ3n) is 3.32. The maximum absolute atomic E-state index is 12.3. The van der Waals surface area contributed by atoms with Gasteiger partial charge in [-0.15, -0.1) is 0 Å². The minimum Gasteiger partial charge on any atom is -0.467 e. The van der Waals surface area contributed by atoms with Gasteiger partial charge < -0.3 is 14.6 Å². The fourth-order valence-corrected chi connectivity index (χ4v) is 2.16. The summed E-state index contributed by atoms with van der Waals surface area (Å²) in [4.78, 5) is 20.0. The normalized spacial score (nSPS) is 11.2. The highest BCUT2D eigenvalue weighted by atomic mass is 19.4. The number of aromatic nitrogens is 3. The fraction of sp³-hybridized carbons (Fsp3) is 0.118. The molecule has 26 heavy (non-hydrogen) atoms. The number of hydrogen-bond donors (Lipinski definition) is 1. The molecule has 1 N–H and O–H groups in total. The summed E-state index contributed by atoms with van der Waals surface area (Å²) in [7, 11) is 0. The van der Waals surface area contributed by atoms with Crippen molar-refractivity contribution in [1.29, 1.82) is 0 Å². The van der Waals surface area contributed by atoms with Crippen LogP contribution in [0, 0.1) is 0 Å². The summed E-state index contributed by atoms with van der Waals surface area (Å²) in [6.07, 6.45) is 1.78. The van der Waals surface area contributed by atoms with Crippen LogP contribution in [0.3, 0.4) is 0 Å². The molecular formula is C17H13F3N4O2. The van der Waals surface area contributed by atoms with E-state index in [2.05, 4.69) is 20.0 Å². The molecule has 0 bridgehead atoms. The summed E-state index contributed by atoms with van der Waals surface area (Å²) in [6.45, 7) is -1.52. The smallest absolute Gasteiger partial charge is 0.422 e. The zero-order chi connectivity index (χ0) is 18.6. The molecule has 2 aromatic heterocycles. The SMILES string of the molecule is O=C(Nc1ccc(-n2ccnc2)cc1)c1cccnc1OCC(F)(F)F. The Morgan fingerprint density at radius 1 is 1.15 bits per heavy atom. The van der Waals surface area contributed by atoms with Crippen molar-refractivity contribution in [1.82, 2.24) is 14.5 Å². The molecule has 0 radical (unpaired) electrons. The third-order valence-corrected chi connectivity index (χ3v) is 3.32. The van der Waals surface area contributed by atoms with Crippen LogP contribution in [0.1, 0.15) is 10.4 Å². The van der Waals surface area contributed by atoms with Gasteiger partial charge in [0.25, 0.3) is 5.91 Å². The molecule has 0 aliphatic carbocycles. The Kier molecular flexibility index (Phi) is 4.87. The molecule has 1 amide bonds. The second kappa shape index (κ2) is 7.26. The maximum atomic E-state index is 12.3. The van der Waals surface area contributed by atoms with Gasteiger partial charge in [-0.1, -0.05) is 0 Å². The first-order valence-corrected chi connectivity index (χ1v) is 7.47. The van der Waals surface area contributed by atoms with Crippen LogP contribution in [0.25, 0.3) is 5.69 Å². The molecule has 0 aliphatic heterocycles. The van der Waals surface area contributed by atoms with Gasteiger partial charge in [-0.3, -0.25) is 4.79 Å². The number of alkyl halides is 3. The van der Waals surface area contributed by atoms with Crippen molar-refractivity contribution in [2.75, 3.05) is 11.9 Å². The van der Waals surface area contributed by atoms with Crippen LogP contribution in [0.2, 0.25) is 0 Å². The summed E-state index contributed by atoms with van der Waals surface area (Å²) in [6, 6.07) is 9.65. The number of benzene rings is 1. The van der Waals surface area contributed by atoms with Crippen molar-refractivity contribution < 1.29 is 22.7 Å². The van der Waals surface area contributed by atoms with E-state index in [-0.39, 0.29) is 11.4 Å². The summed E-state index contributed by atoms with van der Waals surface area (Å²) in [5, 5.41) is 2.60. The predicted octanol–water partition coefficient (Wildman–Crippen LogP) is 3.46. The largest absolute Gasteiger partial charge is 0.467 e. The van der Waals surface area contributed by atoms with Gasteiger partial charge in [0.1, 0.15) is 5.56 Å². The van der Waals surface area contributed by atoms with E-state index >= 15 is 0 Å². The van der Waals surface area contributed by atoms with Gasteiger partial charge in [-0.25, -0.2) is 9.97 Å². The molecular weight excluding hydrogens is 349 g/mol. The summed E-state index contributed by atoms with van der Waals surface area (Å²) >= 11 is 0. The Bertz CT molecular complexity index is 878. The van der Waals surface area contributed by atoms with Crippen LogP contribution in [0.4, 0.5) is 18.9 Å². The summed E-state index contributed by atoms with van der Waals surface area (Å²) in [5.41, 5.74) is 1.23. The molecule has 1 aromatic carbocycles. The number of hydrogen-bond acceptors (Lipinski definition) is 4. The number of nitrogens with zero attached hydrogens (tertiary/aromatic N) is 3. The number of carbonyl (C=O) groups is 1. The molecule has 0 aliphatic rings. The lowest BCUT2D eigenvalue weighted by atomic mass is 10.2. The molecule has 3 rings (SSSR count). The van der Waals surface area contributed by atoms with Crippen molar-refractivity contribution in [2.45, 2.75) is 6.18 Å². The van der Waals surface area contributed by atoms with Crippen molar-refractivity contribution >= 4 is 11.6 Å². The first-order valence-electron chi connectivity index (χ1n) is 7.47. The maximum Gasteiger partial charge on any atom is 0.422 e. The van der Waals surface area contributed by atoms with Crippen molar-refractivity contribution in [3.63, 3.8) is 0 Å². The average Bonchev–Trinajstić information content (AvgIpc) is 3.15. The second-order valence-electron chi connectivity index (χ2n) is 5.23. The van der Waals surface area contributed by atoms with Gasteiger partial charge in [-0.05, 0) is 36.4 Å². The van der Waals surface area contributed by atoms with Crippen LogP contribution in [-0.2, 0) is 0 Å². The lowest BCUT2D eigenvalue weighted by Gasteiger charge is -2.12. The Morgan fingerprint density at radius 2 is 1.92 bits per heavy atom. The molecule has 9 heteroatoms. The molecule has 0 atom stereocenters. The zero-order valence-electron chi connectivity index (χ0n) is 13.3. The lowest BCUT2D eigenvalue weighted by Crippen LogP contribution is -2.22. The Labute approximate surface area is 146 Å². The van der Waals surface area contributed by atoms with Crippen molar-refractivity contribution in [3.8, 4) is 11.6 Å². The van der Waals surface area contributed by atoms with E-state index in [0.717, 1.165) is 5.69 Å². The van der Waals surface area contributed by atoms with Crippen LogP contribution in [-0.4, -0.2) is 33.2 Å². The first-order chi connectivity index (χ1) is 12.4. The molecule has 0 fully saturated rings. The minimum atomic E-state index is -4.52. The van der Waals surface area contributed by atoms with E-state index in [9.17, 15) is 18.0 Å². The van der Waals surface area contributed by atoms with Gasteiger partial charge in [0.15, 0.2) is 6.61 Å². The van der Waals surface area contributed by atoms with Crippen molar-refractivity contribution in [3.05, 3.63) is 66.9 Å². The van der Waals surface area contributed by atoms with E-state index in [4.69, 9.17) is 0 Å². The number of nitrogens with one attached hydrogen (secondary N) is 1. The summed E-state index contributed by atoms with van der Waals surface area (Å²) in [5.74, 6) is -0.997. The molecule has 3 aromatic rings. The van der Waals surface area contributed by atoms with E-state index in [0.29, 0.717) is 5.69 Å². The number of rotatable bonds is 5. The number of halogens is 3. The van der Waals surface area contributed by atoms with E-state index in [1.165, 1.54) is 18.3 Å². The fourth-order valence-electron chi connectivity index (χ4n) is 2.16. The van der Waals surface area contributed by atoms with Crippen molar-refractivity contribution in [2.24, 2.45) is 0 Å². The Morgan fingerprint density at radius 3 is 2.58 bits per heavy atom. The molecule has 134 valence electrons. The van der Waals surface area contributed by atoms with Gasteiger partial charge in [0, 0.05) is 30.0 Å².